The standard InChI is InChI=1S/C20H21Cl2FN2O3S/c21-18-4-1-5-19(22)17(18)13-29(27,28)25-10-2-3-15(12-25)20(26)24-11-14-6-8-16(23)9-7-14/h1,4-9,15H,2-3,10-13H2,(H,24,26). The number of nitrogens with zero attached hydrogens (tertiary/aromatic N) is 1. The lowest BCUT2D eigenvalue weighted by Gasteiger charge is -2.31. The number of hydrogen-bond donors (Lipinski definition) is 1. The predicted octanol–water partition coefficient (Wildman–Crippen LogP) is 3.99. The molecule has 1 heterocycles. The van der Waals surface area contributed by atoms with Crippen molar-refractivity contribution in [2.45, 2.75) is 25.1 Å². The van der Waals surface area contributed by atoms with Crippen LogP contribution >= 0.6 is 23.2 Å². The fourth-order valence-electron chi connectivity index (χ4n) is 3.29. The second kappa shape index (κ2) is 9.43. The number of halogens is 3. The van der Waals surface area contributed by atoms with Crippen molar-refractivity contribution < 1.29 is 17.6 Å². The van der Waals surface area contributed by atoms with Gasteiger partial charge >= 0.3 is 0 Å². The third-order valence-corrected chi connectivity index (χ3v) is 7.40. The fraction of sp³-hybridized carbons (Fsp3) is 0.350. The molecule has 5 nitrogen and oxygen atoms in total. The van der Waals surface area contributed by atoms with Crippen molar-refractivity contribution in [2.75, 3.05) is 13.1 Å². The van der Waals surface area contributed by atoms with E-state index in [1.807, 2.05) is 0 Å². The van der Waals surface area contributed by atoms with Gasteiger partial charge in [0, 0.05) is 35.2 Å². The molecule has 1 aliphatic heterocycles. The maximum Gasteiger partial charge on any atom is 0.224 e. The van der Waals surface area contributed by atoms with Gasteiger partial charge in [0.25, 0.3) is 0 Å². The van der Waals surface area contributed by atoms with Gasteiger partial charge in [0.05, 0.1) is 11.7 Å². The summed E-state index contributed by atoms with van der Waals surface area (Å²) in [7, 11) is -3.68. The fourth-order valence-corrected chi connectivity index (χ4v) is 5.65. The van der Waals surface area contributed by atoms with Crippen LogP contribution in [-0.2, 0) is 27.1 Å². The van der Waals surface area contributed by atoms with Gasteiger partial charge < -0.3 is 5.32 Å². The Morgan fingerprint density at radius 3 is 2.45 bits per heavy atom. The van der Waals surface area contributed by atoms with Crippen LogP contribution in [0.5, 0.6) is 0 Å². The zero-order valence-corrected chi connectivity index (χ0v) is 17.9. The summed E-state index contributed by atoms with van der Waals surface area (Å²) in [5.74, 6) is -1.31. The molecule has 0 spiro atoms. The molecular weight excluding hydrogens is 438 g/mol. The lowest BCUT2D eigenvalue weighted by Crippen LogP contribution is -2.45. The van der Waals surface area contributed by atoms with Crippen LogP contribution in [-0.4, -0.2) is 31.7 Å². The predicted molar refractivity (Wildman–Crippen MR) is 112 cm³/mol. The van der Waals surface area contributed by atoms with Crippen molar-refractivity contribution in [2.24, 2.45) is 5.92 Å². The summed E-state index contributed by atoms with van der Waals surface area (Å²) in [6.07, 6.45) is 1.19. The number of carbonyl (C=O) groups is 1. The van der Waals surface area contributed by atoms with Gasteiger partial charge in [-0.1, -0.05) is 41.4 Å². The number of amides is 1. The highest BCUT2D eigenvalue weighted by molar-refractivity contribution is 7.88. The molecule has 1 N–H and O–H groups in total. The first kappa shape index (κ1) is 22.0. The van der Waals surface area contributed by atoms with Crippen LogP contribution < -0.4 is 5.32 Å². The third-order valence-electron chi connectivity index (χ3n) is 4.92. The molecule has 1 fully saturated rings. The molecule has 1 amide bonds. The number of nitrogens with one attached hydrogen (secondary N) is 1. The molecular formula is C20H21Cl2FN2O3S. The van der Waals surface area contributed by atoms with E-state index < -0.39 is 15.9 Å². The van der Waals surface area contributed by atoms with Crippen LogP contribution in [0.15, 0.2) is 42.5 Å². The first-order chi connectivity index (χ1) is 13.8. The number of sulfonamides is 1. The first-order valence-corrected chi connectivity index (χ1v) is 11.6. The molecule has 1 aliphatic rings. The molecule has 2 aromatic rings. The molecule has 3 rings (SSSR count). The molecule has 1 unspecified atom stereocenters. The summed E-state index contributed by atoms with van der Waals surface area (Å²) in [5, 5.41) is 3.40. The van der Waals surface area contributed by atoms with Crippen molar-refractivity contribution in [3.8, 4) is 0 Å². The lowest BCUT2D eigenvalue weighted by atomic mass is 9.99. The smallest absolute Gasteiger partial charge is 0.224 e. The van der Waals surface area contributed by atoms with Gasteiger partial charge in [0.1, 0.15) is 5.82 Å². The number of hydrogen-bond acceptors (Lipinski definition) is 3. The zero-order valence-electron chi connectivity index (χ0n) is 15.6. The molecule has 0 radical (unpaired) electrons. The van der Waals surface area contributed by atoms with Gasteiger partial charge in [-0.05, 0) is 42.7 Å². The molecule has 156 valence electrons. The molecule has 29 heavy (non-hydrogen) atoms. The van der Waals surface area contributed by atoms with E-state index in [1.165, 1.54) is 16.4 Å². The second-order valence-electron chi connectivity index (χ2n) is 7.00. The number of rotatable bonds is 6. The topological polar surface area (TPSA) is 66.5 Å². The molecule has 1 atom stereocenters. The normalized spacial score (nSPS) is 17.8. The zero-order chi connectivity index (χ0) is 21.0. The Morgan fingerprint density at radius 2 is 1.79 bits per heavy atom. The number of carbonyl (C=O) groups excluding carboxylic acids is 1. The quantitative estimate of drug-likeness (QED) is 0.711. The van der Waals surface area contributed by atoms with E-state index in [1.54, 1.807) is 30.3 Å². The van der Waals surface area contributed by atoms with Crippen LogP contribution in [0.1, 0.15) is 24.0 Å². The van der Waals surface area contributed by atoms with Crippen molar-refractivity contribution >= 4 is 39.1 Å². The summed E-state index contributed by atoms with van der Waals surface area (Å²) < 4.78 is 40.1. The van der Waals surface area contributed by atoms with Gasteiger partial charge in [-0.15, -0.1) is 0 Å². The minimum Gasteiger partial charge on any atom is -0.352 e. The summed E-state index contributed by atoms with van der Waals surface area (Å²) in [6, 6.07) is 10.7. The van der Waals surface area contributed by atoms with Crippen molar-refractivity contribution in [3.05, 3.63) is 69.5 Å². The molecule has 0 saturated carbocycles. The van der Waals surface area contributed by atoms with Crippen LogP contribution in [0, 0.1) is 11.7 Å². The van der Waals surface area contributed by atoms with Crippen LogP contribution in [0.25, 0.3) is 0 Å². The largest absolute Gasteiger partial charge is 0.352 e. The Labute approximate surface area is 179 Å². The Bertz CT molecular complexity index is 963. The molecule has 9 heteroatoms. The monoisotopic (exact) mass is 458 g/mol. The maximum absolute atomic E-state index is 13.0. The molecule has 1 saturated heterocycles. The van der Waals surface area contributed by atoms with E-state index in [4.69, 9.17) is 23.2 Å². The third kappa shape index (κ3) is 5.69. The Hall–Kier alpha value is -1.67. The average Bonchev–Trinajstić information content (AvgIpc) is 2.70. The highest BCUT2D eigenvalue weighted by Gasteiger charge is 2.33. The number of benzene rings is 2. The summed E-state index contributed by atoms with van der Waals surface area (Å²) >= 11 is 12.2. The molecule has 0 aromatic heterocycles. The van der Waals surface area contributed by atoms with Crippen LogP contribution in [0.2, 0.25) is 10.0 Å². The van der Waals surface area contributed by atoms with Crippen molar-refractivity contribution in [1.29, 1.82) is 0 Å². The van der Waals surface area contributed by atoms with Crippen LogP contribution in [0.4, 0.5) is 4.39 Å². The Morgan fingerprint density at radius 1 is 1.14 bits per heavy atom. The maximum atomic E-state index is 13.0. The van der Waals surface area contributed by atoms with E-state index in [0.29, 0.717) is 35.0 Å². The lowest BCUT2D eigenvalue weighted by molar-refractivity contribution is -0.126. The van der Waals surface area contributed by atoms with Gasteiger partial charge in [-0.2, -0.15) is 0 Å². The average molecular weight is 459 g/mol. The molecule has 2 aromatic carbocycles. The summed E-state index contributed by atoms with van der Waals surface area (Å²) in [5.41, 5.74) is 1.13. The van der Waals surface area contributed by atoms with Crippen molar-refractivity contribution in [3.63, 3.8) is 0 Å². The van der Waals surface area contributed by atoms with E-state index in [-0.39, 0.29) is 30.6 Å². The second-order valence-corrected chi connectivity index (χ2v) is 9.78. The van der Waals surface area contributed by atoms with Gasteiger partial charge in [-0.3, -0.25) is 4.79 Å². The van der Waals surface area contributed by atoms with E-state index in [0.717, 1.165) is 5.56 Å². The van der Waals surface area contributed by atoms with E-state index in [2.05, 4.69) is 5.32 Å². The van der Waals surface area contributed by atoms with Crippen molar-refractivity contribution in [1.82, 2.24) is 9.62 Å². The van der Waals surface area contributed by atoms with E-state index >= 15 is 0 Å². The minimum atomic E-state index is -3.68. The van der Waals surface area contributed by atoms with Crippen LogP contribution in [0.3, 0.4) is 0 Å². The Kier molecular flexibility index (Phi) is 7.16. The SMILES string of the molecule is O=C(NCc1ccc(F)cc1)C1CCCN(S(=O)(=O)Cc2c(Cl)cccc2Cl)C1. The van der Waals surface area contributed by atoms with Gasteiger partial charge in [0.2, 0.25) is 15.9 Å². The van der Waals surface area contributed by atoms with Gasteiger partial charge in [-0.25, -0.2) is 17.1 Å². The number of piperidine rings is 1. The Balaban J connectivity index is 1.63. The molecule has 0 aliphatic carbocycles. The first-order valence-electron chi connectivity index (χ1n) is 9.19. The van der Waals surface area contributed by atoms with Gasteiger partial charge in [0.15, 0.2) is 0 Å². The summed E-state index contributed by atoms with van der Waals surface area (Å²) in [6.45, 7) is 0.726. The highest BCUT2D eigenvalue weighted by atomic mass is 35.5. The molecule has 0 bridgehead atoms. The highest BCUT2D eigenvalue weighted by Crippen LogP contribution is 2.29. The summed E-state index contributed by atoms with van der Waals surface area (Å²) in [4.78, 5) is 12.5. The minimum absolute atomic E-state index is 0.111. The van der Waals surface area contributed by atoms with E-state index in [9.17, 15) is 17.6 Å².